The summed E-state index contributed by atoms with van der Waals surface area (Å²) in [4.78, 5) is 40.7. The molecule has 0 bridgehead atoms. The van der Waals surface area contributed by atoms with E-state index in [0.29, 0.717) is 44.1 Å². The summed E-state index contributed by atoms with van der Waals surface area (Å²) < 4.78 is 19.0. The number of ether oxygens (including phenoxy) is 1. The van der Waals surface area contributed by atoms with E-state index in [9.17, 15) is 18.8 Å². The first-order valence-electron chi connectivity index (χ1n) is 12.1. The van der Waals surface area contributed by atoms with E-state index in [-0.39, 0.29) is 24.8 Å². The number of hydrogen-bond acceptors (Lipinski definition) is 5. The zero-order valence-electron chi connectivity index (χ0n) is 20.8. The van der Waals surface area contributed by atoms with E-state index in [2.05, 4.69) is 10.1 Å². The lowest BCUT2D eigenvalue weighted by Crippen LogP contribution is -2.27. The van der Waals surface area contributed by atoms with Crippen molar-refractivity contribution < 1.29 is 23.8 Å². The largest absolute Gasteiger partial charge is 0.497 e. The molecule has 1 unspecified atom stereocenters. The second-order valence-electron chi connectivity index (χ2n) is 9.07. The average molecular weight is 548 g/mol. The van der Waals surface area contributed by atoms with Crippen molar-refractivity contribution in [2.45, 2.75) is 25.3 Å². The van der Waals surface area contributed by atoms with Crippen molar-refractivity contribution in [1.82, 2.24) is 9.99 Å². The van der Waals surface area contributed by atoms with Gasteiger partial charge in [0.25, 0.3) is 5.56 Å². The maximum absolute atomic E-state index is 13.7. The molecule has 1 atom stereocenters. The standard InChI is InChI=1S/C29H23ClFN3O5/c1-39-20-9-4-17(5-10-20)27-21-14-18(30)6-11-22(21)32-29(38)28(27)23-15-24(16-2-7-19(31)8-3-16)34(33-23)25(35)12-13-26(36)37/h2-11,14,24H,12-13,15H2,1H3,(H,32,38)(H,36,37). The molecule has 0 spiro atoms. The molecule has 39 heavy (non-hydrogen) atoms. The molecule has 2 heterocycles. The summed E-state index contributed by atoms with van der Waals surface area (Å²) in [5, 5.41) is 16.0. The van der Waals surface area contributed by atoms with Gasteiger partial charge < -0.3 is 14.8 Å². The highest BCUT2D eigenvalue weighted by molar-refractivity contribution is 6.31. The lowest BCUT2D eigenvalue weighted by Gasteiger charge is -2.21. The Morgan fingerprint density at radius 2 is 1.79 bits per heavy atom. The molecule has 2 N–H and O–H groups in total. The Bertz CT molecular complexity index is 1670. The third-order valence-corrected chi connectivity index (χ3v) is 6.85. The highest BCUT2D eigenvalue weighted by Crippen LogP contribution is 2.38. The van der Waals surface area contributed by atoms with Crippen LogP contribution in [0.1, 0.15) is 36.4 Å². The number of aromatic nitrogens is 1. The van der Waals surface area contributed by atoms with E-state index in [1.807, 2.05) is 12.1 Å². The van der Waals surface area contributed by atoms with Gasteiger partial charge in [-0.1, -0.05) is 35.9 Å². The van der Waals surface area contributed by atoms with Crippen LogP contribution in [0.25, 0.3) is 22.0 Å². The molecule has 3 aromatic carbocycles. The van der Waals surface area contributed by atoms with Gasteiger partial charge in [-0.15, -0.1) is 0 Å². The first-order valence-corrected chi connectivity index (χ1v) is 12.5. The van der Waals surface area contributed by atoms with E-state index in [0.717, 1.165) is 0 Å². The Morgan fingerprint density at radius 1 is 1.08 bits per heavy atom. The molecule has 0 saturated carbocycles. The monoisotopic (exact) mass is 547 g/mol. The highest BCUT2D eigenvalue weighted by Gasteiger charge is 2.35. The molecule has 0 fully saturated rings. The predicted octanol–water partition coefficient (Wildman–Crippen LogP) is 5.54. The van der Waals surface area contributed by atoms with Crippen molar-refractivity contribution in [3.05, 3.63) is 99.1 Å². The number of benzene rings is 3. The minimum atomic E-state index is -1.12. The lowest BCUT2D eigenvalue weighted by atomic mass is 9.91. The van der Waals surface area contributed by atoms with Gasteiger partial charge in [0, 0.05) is 34.3 Å². The number of hydrogen-bond donors (Lipinski definition) is 2. The molecular formula is C29H23ClFN3O5. The van der Waals surface area contributed by atoms with Crippen molar-refractivity contribution in [2.24, 2.45) is 5.10 Å². The summed E-state index contributed by atoms with van der Waals surface area (Å²) in [6.45, 7) is 0. The zero-order chi connectivity index (χ0) is 27.7. The molecule has 5 rings (SSSR count). The summed E-state index contributed by atoms with van der Waals surface area (Å²) in [5.41, 5.74) is 2.65. The van der Waals surface area contributed by atoms with Crippen molar-refractivity contribution in [3.63, 3.8) is 0 Å². The lowest BCUT2D eigenvalue weighted by molar-refractivity contribution is -0.141. The number of H-pyrrole nitrogens is 1. The van der Waals surface area contributed by atoms with Crippen molar-refractivity contribution in [3.8, 4) is 16.9 Å². The highest BCUT2D eigenvalue weighted by atomic mass is 35.5. The molecule has 198 valence electrons. The second kappa shape index (κ2) is 10.7. The first kappa shape index (κ1) is 26.1. The fraction of sp³-hybridized carbons (Fsp3) is 0.172. The molecule has 0 saturated heterocycles. The smallest absolute Gasteiger partial charge is 0.303 e. The fourth-order valence-corrected chi connectivity index (χ4v) is 4.93. The van der Waals surface area contributed by atoms with Gasteiger partial charge in [-0.25, -0.2) is 9.40 Å². The van der Waals surface area contributed by atoms with Crippen LogP contribution in [0.15, 0.2) is 76.6 Å². The second-order valence-corrected chi connectivity index (χ2v) is 9.51. The summed E-state index contributed by atoms with van der Waals surface area (Å²) in [6.07, 6.45) is -0.496. The van der Waals surface area contributed by atoms with Crippen LogP contribution in [0.5, 0.6) is 5.75 Å². The number of aromatic amines is 1. The Hall–Kier alpha value is -4.50. The average Bonchev–Trinajstić information content (AvgIpc) is 3.37. The van der Waals surface area contributed by atoms with Crippen molar-refractivity contribution in [1.29, 1.82) is 0 Å². The van der Waals surface area contributed by atoms with Gasteiger partial charge in [0.15, 0.2) is 0 Å². The number of nitrogens with zero attached hydrogens (tertiary/aromatic N) is 2. The maximum Gasteiger partial charge on any atom is 0.303 e. The number of carbonyl (C=O) groups excluding carboxylic acids is 1. The van der Waals surface area contributed by atoms with Crippen LogP contribution in [-0.2, 0) is 9.59 Å². The number of halogens is 2. The van der Waals surface area contributed by atoms with Crippen LogP contribution < -0.4 is 10.3 Å². The summed E-state index contributed by atoms with van der Waals surface area (Å²) in [5.74, 6) is -1.44. The third kappa shape index (κ3) is 5.26. The van der Waals surface area contributed by atoms with Crippen molar-refractivity contribution >= 4 is 40.1 Å². The van der Waals surface area contributed by atoms with Crippen LogP contribution in [0.4, 0.5) is 4.39 Å². The van der Waals surface area contributed by atoms with Gasteiger partial charge in [-0.3, -0.25) is 14.4 Å². The van der Waals surface area contributed by atoms with Crippen LogP contribution in [0.3, 0.4) is 0 Å². The molecule has 1 aromatic heterocycles. The molecule has 0 aliphatic carbocycles. The van der Waals surface area contributed by atoms with Gasteiger partial charge >= 0.3 is 5.97 Å². The van der Waals surface area contributed by atoms with Gasteiger partial charge in [-0.2, -0.15) is 5.10 Å². The molecule has 8 nitrogen and oxygen atoms in total. The predicted molar refractivity (Wildman–Crippen MR) is 146 cm³/mol. The summed E-state index contributed by atoms with van der Waals surface area (Å²) in [6, 6.07) is 17.3. The molecule has 1 aliphatic rings. The Morgan fingerprint density at radius 3 is 2.46 bits per heavy atom. The molecule has 1 aliphatic heterocycles. The van der Waals surface area contributed by atoms with E-state index in [1.54, 1.807) is 49.6 Å². The number of carboxylic acids is 1. The molecule has 4 aromatic rings. The van der Waals surface area contributed by atoms with Crippen LogP contribution in [0, 0.1) is 5.82 Å². The number of pyridine rings is 1. The Labute approximate surface area is 227 Å². The Kier molecular flexibility index (Phi) is 7.17. The van der Waals surface area contributed by atoms with Gasteiger partial charge in [0.2, 0.25) is 5.91 Å². The van der Waals surface area contributed by atoms with E-state index in [4.69, 9.17) is 21.4 Å². The third-order valence-electron chi connectivity index (χ3n) is 6.62. The van der Waals surface area contributed by atoms with Crippen LogP contribution in [0.2, 0.25) is 5.02 Å². The minimum absolute atomic E-state index is 0.156. The normalized spacial score (nSPS) is 14.9. The Balaban J connectivity index is 1.70. The van der Waals surface area contributed by atoms with Crippen LogP contribution >= 0.6 is 11.6 Å². The fourth-order valence-electron chi connectivity index (χ4n) is 4.76. The zero-order valence-corrected chi connectivity index (χ0v) is 21.5. The number of aliphatic carboxylic acids is 1. The number of amides is 1. The van der Waals surface area contributed by atoms with E-state index < -0.39 is 29.3 Å². The number of nitrogens with one attached hydrogen (secondary N) is 1. The molecular weight excluding hydrogens is 525 g/mol. The number of carboxylic acid groups (broad SMARTS) is 1. The van der Waals surface area contributed by atoms with E-state index >= 15 is 0 Å². The topological polar surface area (TPSA) is 112 Å². The van der Waals surface area contributed by atoms with Gasteiger partial charge in [0.1, 0.15) is 11.6 Å². The van der Waals surface area contributed by atoms with Crippen LogP contribution in [-0.4, -0.2) is 39.8 Å². The maximum atomic E-state index is 13.7. The summed E-state index contributed by atoms with van der Waals surface area (Å²) in [7, 11) is 1.56. The minimum Gasteiger partial charge on any atom is -0.497 e. The quantitative estimate of drug-likeness (QED) is 0.315. The van der Waals surface area contributed by atoms with E-state index in [1.165, 1.54) is 17.1 Å². The summed E-state index contributed by atoms with van der Waals surface area (Å²) >= 11 is 6.34. The number of methoxy groups -OCH3 is 1. The number of fused-ring (bicyclic) bond motifs is 1. The SMILES string of the molecule is COc1ccc(-c2c(C3=NN(C(=O)CCC(=O)O)C(c4ccc(F)cc4)C3)c(=O)[nH]c3ccc(Cl)cc23)cc1. The first-order chi connectivity index (χ1) is 18.7. The number of rotatable bonds is 7. The molecule has 10 heteroatoms. The molecule has 0 radical (unpaired) electrons. The van der Waals surface area contributed by atoms with Gasteiger partial charge in [0.05, 0.1) is 30.8 Å². The van der Waals surface area contributed by atoms with Crippen molar-refractivity contribution in [2.75, 3.05) is 7.11 Å². The molecule has 1 amide bonds. The van der Waals surface area contributed by atoms with Gasteiger partial charge in [-0.05, 0) is 53.6 Å². The number of carbonyl (C=O) groups is 2. The number of hydrazone groups is 1.